The van der Waals surface area contributed by atoms with Gasteiger partial charge in [-0.15, -0.1) is 0 Å². The minimum Gasteiger partial charge on any atom is -0.378 e. The number of morpholine rings is 1. The second-order valence-corrected chi connectivity index (χ2v) is 9.36. The first-order valence-corrected chi connectivity index (χ1v) is 10.8. The number of carbonyl (C=O) groups is 1. The van der Waals surface area contributed by atoms with Crippen molar-refractivity contribution in [1.29, 1.82) is 0 Å². The van der Waals surface area contributed by atoms with Gasteiger partial charge in [0.2, 0.25) is 0 Å². The molecule has 2 rings (SSSR count). The zero-order chi connectivity index (χ0) is 20.7. The van der Waals surface area contributed by atoms with Crippen molar-refractivity contribution >= 4 is 11.7 Å². The van der Waals surface area contributed by atoms with Crippen LogP contribution in [-0.2, 0) is 11.2 Å². The maximum Gasteiger partial charge on any atom is 0.253 e. The lowest BCUT2D eigenvalue weighted by Gasteiger charge is -2.29. The van der Waals surface area contributed by atoms with Gasteiger partial charge in [-0.05, 0) is 49.1 Å². The average molecular weight is 390 g/mol. The number of carbonyl (C=O) groups excluding carboxylic acids is 1. The van der Waals surface area contributed by atoms with Crippen molar-refractivity contribution < 1.29 is 9.53 Å². The summed E-state index contributed by atoms with van der Waals surface area (Å²) in [5.74, 6) is 1.49. The van der Waals surface area contributed by atoms with Gasteiger partial charge < -0.3 is 15.0 Å². The summed E-state index contributed by atoms with van der Waals surface area (Å²) >= 11 is 0. The summed E-state index contributed by atoms with van der Waals surface area (Å²) in [6, 6.07) is 2.06. The van der Waals surface area contributed by atoms with E-state index in [2.05, 4.69) is 50.9 Å². The quantitative estimate of drug-likeness (QED) is 0.671. The number of hydrogen-bond donors (Lipinski definition) is 1. The van der Waals surface area contributed by atoms with Gasteiger partial charge in [0, 0.05) is 19.6 Å². The Morgan fingerprint density at radius 1 is 1.32 bits per heavy atom. The molecule has 0 radical (unpaired) electrons. The van der Waals surface area contributed by atoms with Crippen molar-refractivity contribution in [2.45, 2.75) is 67.2 Å². The van der Waals surface area contributed by atoms with E-state index in [0.717, 1.165) is 74.6 Å². The molecule has 1 atom stereocenters. The molecular weight excluding hydrogens is 350 g/mol. The zero-order valence-electron chi connectivity index (χ0n) is 18.7. The van der Waals surface area contributed by atoms with Gasteiger partial charge >= 0.3 is 0 Å². The van der Waals surface area contributed by atoms with Crippen LogP contribution in [-0.4, -0.2) is 43.7 Å². The lowest BCUT2D eigenvalue weighted by Crippen LogP contribution is -2.37. The fourth-order valence-corrected chi connectivity index (χ4v) is 3.52. The van der Waals surface area contributed by atoms with E-state index in [-0.39, 0.29) is 5.91 Å². The summed E-state index contributed by atoms with van der Waals surface area (Å²) < 4.78 is 5.47. The van der Waals surface area contributed by atoms with Gasteiger partial charge in [-0.25, -0.2) is 4.98 Å². The molecule has 158 valence electrons. The molecular formula is C23H39N3O2. The van der Waals surface area contributed by atoms with Gasteiger partial charge in [0.05, 0.1) is 24.5 Å². The Morgan fingerprint density at radius 3 is 2.61 bits per heavy atom. The number of aromatic nitrogens is 1. The van der Waals surface area contributed by atoms with Crippen LogP contribution in [0, 0.1) is 18.3 Å². The SMILES string of the molecule is CCC(C)Cc1nc(N2CCOCC2)cc(C)c1C(=O)NCCCC(C)(C)C. The van der Waals surface area contributed by atoms with Crippen LogP contribution in [0.5, 0.6) is 0 Å². The Balaban J connectivity index is 2.19. The number of hydrogen-bond acceptors (Lipinski definition) is 4. The van der Waals surface area contributed by atoms with Crippen LogP contribution in [0.1, 0.15) is 75.5 Å². The molecule has 1 aliphatic rings. The molecule has 2 heterocycles. The number of amides is 1. The van der Waals surface area contributed by atoms with E-state index in [1.807, 2.05) is 6.92 Å². The largest absolute Gasteiger partial charge is 0.378 e. The van der Waals surface area contributed by atoms with Gasteiger partial charge in [0.1, 0.15) is 5.82 Å². The Hall–Kier alpha value is -1.62. The summed E-state index contributed by atoms with van der Waals surface area (Å²) in [5, 5.41) is 3.13. The van der Waals surface area contributed by atoms with Crippen LogP contribution >= 0.6 is 0 Å². The number of anilines is 1. The number of nitrogens with zero attached hydrogens (tertiary/aromatic N) is 2. The van der Waals surface area contributed by atoms with Crippen molar-refractivity contribution in [2.75, 3.05) is 37.7 Å². The van der Waals surface area contributed by atoms with Gasteiger partial charge in [-0.3, -0.25) is 4.79 Å². The molecule has 1 unspecified atom stereocenters. The minimum absolute atomic E-state index is 0.0192. The number of ether oxygens (including phenoxy) is 1. The van der Waals surface area contributed by atoms with E-state index >= 15 is 0 Å². The lowest BCUT2D eigenvalue weighted by atomic mass is 9.90. The minimum atomic E-state index is 0.0192. The monoisotopic (exact) mass is 389 g/mol. The summed E-state index contributed by atoms with van der Waals surface area (Å²) in [4.78, 5) is 20.2. The highest BCUT2D eigenvalue weighted by Crippen LogP contribution is 2.24. The topological polar surface area (TPSA) is 54.5 Å². The maximum absolute atomic E-state index is 13.0. The van der Waals surface area contributed by atoms with Crippen LogP contribution in [0.15, 0.2) is 6.07 Å². The van der Waals surface area contributed by atoms with Crippen molar-refractivity contribution in [3.63, 3.8) is 0 Å². The van der Waals surface area contributed by atoms with Crippen molar-refractivity contribution in [1.82, 2.24) is 10.3 Å². The van der Waals surface area contributed by atoms with Gasteiger partial charge in [-0.2, -0.15) is 0 Å². The van der Waals surface area contributed by atoms with E-state index in [9.17, 15) is 4.79 Å². The molecule has 1 amide bonds. The summed E-state index contributed by atoms with van der Waals surface area (Å²) in [6.45, 7) is 17.0. The van der Waals surface area contributed by atoms with Gasteiger partial charge in [0.25, 0.3) is 5.91 Å². The average Bonchev–Trinajstić information content (AvgIpc) is 2.64. The van der Waals surface area contributed by atoms with Crippen molar-refractivity contribution in [3.8, 4) is 0 Å². The molecule has 0 aliphatic carbocycles. The van der Waals surface area contributed by atoms with Crippen LogP contribution in [0.2, 0.25) is 0 Å². The third kappa shape index (κ3) is 6.77. The van der Waals surface area contributed by atoms with Crippen molar-refractivity contribution in [3.05, 3.63) is 22.9 Å². The Bertz CT molecular complexity index is 646. The summed E-state index contributed by atoms with van der Waals surface area (Å²) in [7, 11) is 0. The highest BCUT2D eigenvalue weighted by Gasteiger charge is 2.21. The third-order valence-electron chi connectivity index (χ3n) is 5.47. The molecule has 0 aromatic carbocycles. The maximum atomic E-state index is 13.0. The summed E-state index contributed by atoms with van der Waals surface area (Å²) in [5.41, 5.74) is 3.02. The molecule has 1 aromatic heterocycles. The van der Waals surface area contributed by atoms with Crippen LogP contribution in [0.25, 0.3) is 0 Å². The molecule has 1 aromatic rings. The van der Waals surface area contributed by atoms with Gasteiger partial charge in [-0.1, -0.05) is 41.0 Å². The normalized spacial score (nSPS) is 16.1. The molecule has 0 saturated carbocycles. The predicted octanol–water partition coefficient (Wildman–Crippen LogP) is 4.37. The van der Waals surface area contributed by atoms with Crippen LogP contribution < -0.4 is 10.2 Å². The fraction of sp³-hybridized carbons (Fsp3) is 0.739. The van der Waals surface area contributed by atoms with Gasteiger partial charge in [0.15, 0.2) is 0 Å². The van der Waals surface area contributed by atoms with E-state index < -0.39 is 0 Å². The highest BCUT2D eigenvalue weighted by atomic mass is 16.5. The van der Waals surface area contributed by atoms with E-state index in [1.165, 1.54) is 0 Å². The number of nitrogens with one attached hydrogen (secondary N) is 1. The second-order valence-electron chi connectivity index (χ2n) is 9.36. The predicted molar refractivity (Wildman–Crippen MR) is 116 cm³/mol. The molecule has 1 aliphatic heterocycles. The molecule has 1 fully saturated rings. The number of aryl methyl sites for hydroxylation is 1. The Morgan fingerprint density at radius 2 is 2.00 bits per heavy atom. The zero-order valence-corrected chi connectivity index (χ0v) is 18.7. The van der Waals surface area contributed by atoms with Crippen LogP contribution in [0.4, 0.5) is 5.82 Å². The summed E-state index contributed by atoms with van der Waals surface area (Å²) in [6.07, 6.45) is 4.00. The molecule has 5 nitrogen and oxygen atoms in total. The standard InChI is InChI=1S/C23H39N3O2/c1-7-17(2)15-19-21(22(27)24-10-8-9-23(4,5)6)18(3)16-20(25-19)26-11-13-28-14-12-26/h16-17H,7-15H2,1-6H3,(H,24,27). The smallest absolute Gasteiger partial charge is 0.253 e. The first-order chi connectivity index (χ1) is 13.2. The Kier molecular flexibility index (Phi) is 8.29. The van der Waals surface area contributed by atoms with E-state index in [1.54, 1.807) is 0 Å². The Labute approximate surface area is 171 Å². The van der Waals surface area contributed by atoms with E-state index in [4.69, 9.17) is 9.72 Å². The number of pyridine rings is 1. The highest BCUT2D eigenvalue weighted by molar-refractivity contribution is 5.97. The second kappa shape index (κ2) is 10.2. The third-order valence-corrected chi connectivity index (χ3v) is 5.47. The molecule has 5 heteroatoms. The molecule has 1 N–H and O–H groups in total. The first-order valence-electron chi connectivity index (χ1n) is 10.8. The van der Waals surface area contributed by atoms with Crippen molar-refractivity contribution in [2.24, 2.45) is 11.3 Å². The first kappa shape index (κ1) is 22.7. The fourth-order valence-electron chi connectivity index (χ4n) is 3.52. The lowest BCUT2D eigenvalue weighted by molar-refractivity contribution is 0.0949. The molecule has 1 saturated heterocycles. The molecule has 28 heavy (non-hydrogen) atoms. The molecule has 0 bridgehead atoms. The van der Waals surface area contributed by atoms with E-state index in [0.29, 0.717) is 17.9 Å². The van der Waals surface area contributed by atoms with Crippen LogP contribution in [0.3, 0.4) is 0 Å². The number of rotatable bonds is 8. The molecule has 0 spiro atoms.